The molecule has 0 radical (unpaired) electrons. The monoisotopic (exact) mass is 215 g/mol. The van der Waals surface area contributed by atoms with Crippen molar-refractivity contribution in [3.05, 3.63) is 12.2 Å². The first-order chi connectivity index (χ1) is 7.04. The van der Waals surface area contributed by atoms with Gasteiger partial charge in [-0.25, -0.2) is 4.79 Å². The van der Waals surface area contributed by atoms with Gasteiger partial charge >= 0.3 is 11.9 Å². The lowest BCUT2D eigenvalue weighted by Gasteiger charge is -2.04. The highest BCUT2D eigenvalue weighted by atomic mass is 16.7. The number of hydrogen-bond donors (Lipinski definition) is 2. The first-order valence-corrected chi connectivity index (χ1v) is 4.85. The zero-order valence-electron chi connectivity index (χ0n) is 8.91. The summed E-state index contributed by atoms with van der Waals surface area (Å²) < 4.78 is 0. The van der Waals surface area contributed by atoms with E-state index in [0.717, 1.165) is 12.8 Å². The topological polar surface area (TPSA) is 75.6 Å². The van der Waals surface area contributed by atoms with Gasteiger partial charge in [0.15, 0.2) is 0 Å². The van der Waals surface area contributed by atoms with Crippen molar-refractivity contribution in [3.8, 4) is 0 Å². The first-order valence-electron chi connectivity index (χ1n) is 4.85. The first kappa shape index (κ1) is 13.6. The lowest BCUT2D eigenvalue weighted by atomic mass is 10.2. The number of carboxylic acids is 1. The Balaban J connectivity index is 3.22. The number of carboxylic acid groups (broad SMARTS) is 1. The molecule has 2 N–H and O–H groups in total. The van der Waals surface area contributed by atoms with E-state index in [9.17, 15) is 9.59 Å². The zero-order valence-corrected chi connectivity index (χ0v) is 8.91. The number of aliphatic carboxylic acids is 1. The van der Waals surface area contributed by atoms with Crippen LogP contribution in [0.4, 0.5) is 0 Å². The third-order valence-electron chi connectivity index (χ3n) is 1.68. The molecule has 0 saturated carbocycles. The number of carbonyl (C=O) groups is 2. The van der Waals surface area contributed by atoms with Gasteiger partial charge < -0.3 is 9.94 Å². The van der Waals surface area contributed by atoms with Gasteiger partial charge in [0.25, 0.3) is 0 Å². The number of hydroxylamine groups is 1. The molecule has 0 saturated heterocycles. The standard InChI is InChI=1S/C10H17NO4/c1-8(2)10(14)15-11-7-5-3-4-6-9(12)13/h11H,1,3-7H2,2H3,(H,12,13). The molecule has 86 valence electrons. The van der Waals surface area contributed by atoms with Crippen molar-refractivity contribution in [2.24, 2.45) is 0 Å². The van der Waals surface area contributed by atoms with Crippen LogP contribution in [0.15, 0.2) is 12.2 Å². The summed E-state index contributed by atoms with van der Waals surface area (Å²) >= 11 is 0. The molecular weight excluding hydrogens is 198 g/mol. The molecule has 0 aromatic rings. The molecule has 5 heteroatoms. The average molecular weight is 215 g/mol. The van der Waals surface area contributed by atoms with Crippen molar-refractivity contribution in [1.82, 2.24) is 5.48 Å². The van der Waals surface area contributed by atoms with E-state index in [0.29, 0.717) is 18.5 Å². The molecule has 0 aromatic heterocycles. The lowest BCUT2D eigenvalue weighted by molar-refractivity contribution is -0.146. The molecule has 5 nitrogen and oxygen atoms in total. The molecule has 0 bridgehead atoms. The van der Waals surface area contributed by atoms with E-state index >= 15 is 0 Å². The largest absolute Gasteiger partial charge is 0.481 e. The van der Waals surface area contributed by atoms with Gasteiger partial charge in [-0.1, -0.05) is 13.0 Å². The average Bonchev–Trinajstić information content (AvgIpc) is 2.15. The van der Waals surface area contributed by atoms with Crippen LogP contribution in [0.3, 0.4) is 0 Å². The summed E-state index contributed by atoms with van der Waals surface area (Å²) in [5.41, 5.74) is 2.84. The Bertz CT molecular complexity index is 238. The summed E-state index contributed by atoms with van der Waals surface area (Å²) in [6.07, 6.45) is 2.40. The molecule has 0 aliphatic rings. The van der Waals surface area contributed by atoms with Crippen molar-refractivity contribution in [2.45, 2.75) is 32.6 Å². The fourth-order valence-electron chi connectivity index (χ4n) is 0.854. The van der Waals surface area contributed by atoms with Crippen LogP contribution in [0.2, 0.25) is 0 Å². The second kappa shape index (κ2) is 7.99. The minimum atomic E-state index is -0.781. The van der Waals surface area contributed by atoms with Crippen molar-refractivity contribution < 1.29 is 19.5 Å². The van der Waals surface area contributed by atoms with E-state index < -0.39 is 11.9 Å². The molecule has 15 heavy (non-hydrogen) atoms. The van der Waals surface area contributed by atoms with Crippen LogP contribution in [0.25, 0.3) is 0 Å². The predicted molar refractivity (Wildman–Crippen MR) is 55.0 cm³/mol. The van der Waals surface area contributed by atoms with Crippen LogP contribution in [0, 0.1) is 0 Å². The fraction of sp³-hybridized carbons (Fsp3) is 0.600. The number of unbranched alkanes of at least 4 members (excludes halogenated alkanes) is 2. The number of rotatable bonds is 8. The molecule has 0 aliphatic heterocycles. The van der Waals surface area contributed by atoms with Crippen LogP contribution in [-0.2, 0) is 14.4 Å². The van der Waals surface area contributed by atoms with E-state index in [4.69, 9.17) is 5.11 Å². The summed E-state index contributed by atoms with van der Waals surface area (Å²) in [6, 6.07) is 0. The van der Waals surface area contributed by atoms with Gasteiger partial charge in [0, 0.05) is 18.5 Å². The smallest absolute Gasteiger partial charge is 0.351 e. The molecule has 0 amide bonds. The quantitative estimate of drug-likeness (QED) is 0.362. The van der Waals surface area contributed by atoms with Crippen LogP contribution in [-0.4, -0.2) is 23.6 Å². The van der Waals surface area contributed by atoms with E-state index in [1.807, 2.05) is 0 Å². The van der Waals surface area contributed by atoms with Gasteiger partial charge in [0.05, 0.1) is 0 Å². The highest BCUT2D eigenvalue weighted by molar-refractivity contribution is 5.86. The van der Waals surface area contributed by atoms with Gasteiger partial charge in [0.2, 0.25) is 0 Å². The molecule has 0 heterocycles. The molecular formula is C10H17NO4. The van der Waals surface area contributed by atoms with Crippen LogP contribution < -0.4 is 5.48 Å². The Hall–Kier alpha value is -1.36. The second-order valence-electron chi connectivity index (χ2n) is 3.27. The van der Waals surface area contributed by atoms with Crippen LogP contribution in [0.5, 0.6) is 0 Å². The Morgan fingerprint density at radius 1 is 1.33 bits per heavy atom. The molecule has 0 spiro atoms. The molecule has 0 atom stereocenters. The molecule has 0 aromatic carbocycles. The number of hydrogen-bond acceptors (Lipinski definition) is 4. The van der Waals surface area contributed by atoms with Gasteiger partial charge in [-0.15, -0.1) is 0 Å². The fourth-order valence-corrected chi connectivity index (χ4v) is 0.854. The minimum absolute atomic E-state index is 0.186. The van der Waals surface area contributed by atoms with E-state index in [2.05, 4.69) is 16.9 Å². The maximum absolute atomic E-state index is 10.9. The third kappa shape index (κ3) is 8.96. The predicted octanol–water partition coefficient (Wildman–Crippen LogP) is 1.26. The Morgan fingerprint density at radius 3 is 2.53 bits per heavy atom. The maximum Gasteiger partial charge on any atom is 0.351 e. The van der Waals surface area contributed by atoms with E-state index in [-0.39, 0.29) is 6.42 Å². The summed E-state index contributed by atoms with van der Waals surface area (Å²) in [5, 5.41) is 8.36. The highest BCUT2D eigenvalue weighted by Gasteiger charge is 2.02. The highest BCUT2D eigenvalue weighted by Crippen LogP contribution is 1.98. The van der Waals surface area contributed by atoms with Gasteiger partial charge in [-0.2, -0.15) is 5.48 Å². The summed E-state index contributed by atoms with van der Waals surface area (Å²) in [5.74, 6) is -1.25. The SMILES string of the molecule is C=C(C)C(=O)ONCCCCCC(=O)O. The second-order valence-corrected chi connectivity index (χ2v) is 3.27. The summed E-state index contributed by atoms with van der Waals surface area (Å²) in [4.78, 5) is 25.6. The maximum atomic E-state index is 10.9. The molecule has 0 fully saturated rings. The third-order valence-corrected chi connectivity index (χ3v) is 1.68. The normalized spacial score (nSPS) is 9.67. The molecule has 0 unspecified atom stereocenters. The van der Waals surface area contributed by atoms with Crippen molar-refractivity contribution >= 4 is 11.9 Å². The van der Waals surface area contributed by atoms with Crippen molar-refractivity contribution in [3.63, 3.8) is 0 Å². The summed E-state index contributed by atoms with van der Waals surface area (Å²) in [6.45, 7) is 5.52. The Labute approximate surface area is 89.1 Å². The van der Waals surface area contributed by atoms with Gasteiger partial charge in [-0.3, -0.25) is 4.79 Å². The summed E-state index contributed by atoms with van der Waals surface area (Å²) in [7, 11) is 0. The zero-order chi connectivity index (χ0) is 11.7. The van der Waals surface area contributed by atoms with E-state index in [1.165, 1.54) is 0 Å². The minimum Gasteiger partial charge on any atom is -0.481 e. The van der Waals surface area contributed by atoms with Crippen molar-refractivity contribution in [2.75, 3.05) is 6.54 Å². The van der Waals surface area contributed by atoms with Gasteiger partial charge in [-0.05, 0) is 19.8 Å². The van der Waals surface area contributed by atoms with E-state index in [1.54, 1.807) is 6.92 Å². The number of carbonyl (C=O) groups excluding carboxylic acids is 1. The Kier molecular flexibility index (Phi) is 7.27. The lowest BCUT2D eigenvalue weighted by Crippen LogP contribution is -2.21. The van der Waals surface area contributed by atoms with Crippen LogP contribution in [0.1, 0.15) is 32.6 Å². The molecule has 0 aliphatic carbocycles. The van der Waals surface area contributed by atoms with Crippen molar-refractivity contribution in [1.29, 1.82) is 0 Å². The Morgan fingerprint density at radius 2 is 2.00 bits per heavy atom. The van der Waals surface area contributed by atoms with Crippen LogP contribution >= 0.6 is 0 Å². The molecule has 0 rings (SSSR count). The van der Waals surface area contributed by atoms with Gasteiger partial charge in [0.1, 0.15) is 0 Å². The number of nitrogens with one attached hydrogen (secondary N) is 1.